The van der Waals surface area contributed by atoms with Gasteiger partial charge in [-0.2, -0.15) is 0 Å². The molecular formula is C17H27NO. The lowest BCUT2D eigenvalue weighted by atomic mass is 9.96. The quantitative estimate of drug-likeness (QED) is 0.843. The van der Waals surface area contributed by atoms with Crippen molar-refractivity contribution < 1.29 is 4.74 Å². The van der Waals surface area contributed by atoms with Crippen LogP contribution >= 0.6 is 0 Å². The molecule has 2 unspecified atom stereocenters. The van der Waals surface area contributed by atoms with Crippen LogP contribution in [0.25, 0.3) is 0 Å². The van der Waals surface area contributed by atoms with Crippen molar-refractivity contribution in [3.05, 3.63) is 35.4 Å². The minimum atomic E-state index is 0.413. The summed E-state index contributed by atoms with van der Waals surface area (Å²) in [5.41, 5.74) is 2.82. The van der Waals surface area contributed by atoms with Crippen LogP contribution in [0.15, 0.2) is 24.3 Å². The number of rotatable bonds is 6. The molecule has 1 saturated heterocycles. The molecule has 0 amide bonds. The van der Waals surface area contributed by atoms with Crippen molar-refractivity contribution in [1.82, 2.24) is 5.32 Å². The Balaban J connectivity index is 1.97. The first-order valence-electron chi connectivity index (χ1n) is 7.56. The summed E-state index contributed by atoms with van der Waals surface area (Å²) in [7, 11) is 2.04. The number of ether oxygens (including phenoxy) is 1. The van der Waals surface area contributed by atoms with Crippen LogP contribution in [0.5, 0.6) is 0 Å². The molecule has 0 spiro atoms. The van der Waals surface area contributed by atoms with Crippen LogP contribution in [0.2, 0.25) is 0 Å². The van der Waals surface area contributed by atoms with E-state index >= 15 is 0 Å². The molecule has 0 aliphatic carbocycles. The maximum absolute atomic E-state index is 5.74. The Morgan fingerprint density at radius 2 is 2.00 bits per heavy atom. The van der Waals surface area contributed by atoms with Gasteiger partial charge in [0.1, 0.15) is 0 Å². The molecule has 1 aliphatic rings. The van der Waals surface area contributed by atoms with E-state index in [1.165, 1.54) is 24.0 Å². The molecule has 0 radical (unpaired) electrons. The minimum absolute atomic E-state index is 0.413. The van der Waals surface area contributed by atoms with Crippen molar-refractivity contribution in [2.75, 3.05) is 13.7 Å². The summed E-state index contributed by atoms with van der Waals surface area (Å²) >= 11 is 0. The predicted octanol–water partition coefficient (Wildman–Crippen LogP) is 3.71. The summed E-state index contributed by atoms with van der Waals surface area (Å²) in [4.78, 5) is 0. The molecule has 1 aliphatic heterocycles. The normalized spacial score (nSPS) is 20.9. The van der Waals surface area contributed by atoms with Crippen molar-refractivity contribution in [1.29, 1.82) is 0 Å². The van der Waals surface area contributed by atoms with Crippen LogP contribution < -0.4 is 5.32 Å². The molecule has 2 atom stereocenters. The monoisotopic (exact) mass is 261 g/mol. The van der Waals surface area contributed by atoms with E-state index in [1.807, 2.05) is 7.05 Å². The topological polar surface area (TPSA) is 21.3 Å². The highest BCUT2D eigenvalue weighted by Crippen LogP contribution is 2.25. The van der Waals surface area contributed by atoms with Gasteiger partial charge in [-0.1, -0.05) is 38.1 Å². The number of hydrogen-bond donors (Lipinski definition) is 1. The Bertz CT molecular complexity index is 365. The van der Waals surface area contributed by atoms with Gasteiger partial charge in [-0.25, -0.2) is 0 Å². The molecule has 1 N–H and O–H groups in total. The van der Waals surface area contributed by atoms with Crippen molar-refractivity contribution >= 4 is 0 Å². The summed E-state index contributed by atoms with van der Waals surface area (Å²) in [5, 5.41) is 3.43. The molecule has 1 fully saturated rings. The number of nitrogens with one attached hydrogen (secondary N) is 1. The fourth-order valence-corrected chi connectivity index (χ4v) is 2.87. The molecule has 2 heteroatoms. The maximum atomic E-state index is 5.74. The maximum Gasteiger partial charge on any atom is 0.0594 e. The van der Waals surface area contributed by atoms with Gasteiger partial charge in [0, 0.05) is 12.6 Å². The highest BCUT2D eigenvalue weighted by Gasteiger charge is 2.20. The third-order valence-corrected chi connectivity index (χ3v) is 3.90. The van der Waals surface area contributed by atoms with Gasteiger partial charge in [0.25, 0.3) is 0 Å². The molecule has 0 saturated carbocycles. The van der Waals surface area contributed by atoms with E-state index in [0.717, 1.165) is 25.4 Å². The summed E-state index contributed by atoms with van der Waals surface area (Å²) in [5.74, 6) is 0.720. The van der Waals surface area contributed by atoms with Gasteiger partial charge in [-0.15, -0.1) is 0 Å². The van der Waals surface area contributed by atoms with Crippen molar-refractivity contribution in [2.24, 2.45) is 5.92 Å². The Labute approximate surface area is 117 Å². The van der Waals surface area contributed by atoms with Gasteiger partial charge in [-0.05, 0) is 49.8 Å². The van der Waals surface area contributed by atoms with Crippen LogP contribution in [0.4, 0.5) is 0 Å². The molecule has 0 bridgehead atoms. The standard InChI is InChI=1S/C17H27NO/c1-13(2)11-14-6-8-15(9-7-14)17(18-3)12-16-5-4-10-19-16/h6-9,13,16-18H,4-5,10-12H2,1-3H3. The van der Waals surface area contributed by atoms with Crippen molar-refractivity contribution in [3.8, 4) is 0 Å². The van der Waals surface area contributed by atoms with E-state index in [1.54, 1.807) is 0 Å². The van der Waals surface area contributed by atoms with Crippen LogP contribution in [0.3, 0.4) is 0 Å². The molecule has 2 rings (SSSR count). The van der Waals surface area contributed by atoms with E-state index in [0.29, 0.717) is 12.1 Å². The second-order valence-electron chi connectivity index (χ2n) is 6.05. The minimum Gasteiger partial charge on any atom is -0.378 e. The summed E-state index contributed by atoms with van der Waals surface area (Å²) in [6.07, 6.45) is 5.11. The largest absolute Gasteiger partial charge is 0.378 e. The summed E-state index contributed by atoms with van der Waals surface area (Å²) in [6, 6.07) is 9.50. The lowest BCUT2D eigenvalue weighted by Crippen LogP contribution is -2.22. The lowest BCUT2D eigenvalue weighted by Gasteiger charge is -2.20. The fraction of sp³-hybridized carbons (Fsp3) is 0.647. The van der Waals surface area contributed by atoms with Gasteiger partial charge in [0.2, 0.25) is 0 Å². The van der Waals surface area contributed by atoms with Crippen LogP contribution in [0.1, 0.15) is 50.3 Å². The van der Waals surface area contributed by atoms with Gasteiger partial charge >= 0.3 is 0 Å². The fourth-order valence-electron chi connectivity index (χ4n) is 2.87. The van der Waals surface area contributed by atoms with Crippen LogP contribution in [-0.2, 0) is 11.2 Å². The molecule has 1 aromatic carbocycles. The van der Waals surface area contributed by atoms with Crippen molar-refractivity contribution in [3.63, 3.8) is 0 Å². The van der Waals surface area contributed by atoms with E-state index in [4.69, 9.17) is 4.74 Å². The highest BCUT2D eigenvalue weighted by molar-refractivity contribution is 5.25. The SMILES string of the molecule is CNC(CC1CCCO1)c1ccc(CC(C)C)cc1. The van der Waals surface area contributed by atoms with Crippen molar-refractivity contribution in [2.45, 2.75) is 51.7 Å². The van der Waals surface area contributed by atoms with E-state index in [-0.39, 0.29) is 0 Å². The van der Waals surface area contributed by atoms with Gasteiger partial charge in [0.05, 0.1) is 6.10 Å². The number of benzene rings is 1. The Morgan fingerprint density at radius 1 is 1.26 bits per heavy atom. The Kier molecular flexibility index (Phi) is 5.41. The zero-order valence-electron chi connectivity index (χ0n) is 12.5. The molecule has 2 nitrogen and oxygen atoms in total. The Hall–Kier alpha value is -0.860. The lowest BCUT2D eigenvalue weighted by molar-refractivity contribution is 0.0954. The molecular weight excluding hydrogens is 234 g/mol. The smallest absolute Gasteiger partial charge is 0.0594 e. The second-order valence-corrected chi connectivity index (χ2v) is 6.05. The first-order chi connectivity index (χ1) is 9.19. The molecule has 106 valence electrons. The summed E-state index contributed by atoms with van der Waals surface area (Å²) < 4.78 is 5.74. The highest BCUT2D eigenvalue weighted by atomic mass is 16.5. The Morgan fingerprint density at radius 3 is 2.53 bits per heavy atom. The average molecular weight is 261 g/mol. The third kappa shape index (κ3) is 4.32. The molecule has 1 aromatic rings. The molecule has 19 heavy (non-hydrogen) atoms. The van der Waals surface area contributed by atoms with Gasteiger partial charge < -0.3 is 10.1 Å². The number of hydrogen-bond acceptors (Lipinski definition) is 2. The van der Waals surface area contributed by atoms with Crippen LogP contribution in [-0.4, -0.2) is 19.8 Å². The van der Waals surface area contributed by atoms with E-state index in [9.17, 15) is 0 Å². The van der Waals surface area contributed by atoms with Gasteiger partial charge in [-0.3, -0.25) is 0 Å². The molecule has 1 heterocycles. The second kappa shape index (κ2) is 7.06. The zero-order chi connectivity index (χ0) is 13.7. The first kappa shape index (κ1) is 14.5. The van der Waals surface area contributed by atoms with E-state index in [2.05, 4.69) is 43.4 Å². The summed E-state index contributed by atoms with van der Waals surface area (Å²) in [6.45, 7) is 5.47. The first-order valence-corrected chi connectivity index (χ1v) is 7.56. The van der Waals surface area contributed by atoms with Gasteiger partial charge in [0.15, 0.2) is 0 Å². The zero-order valence-corrected chi connectivity index (χ0v) is 12.5. The predicted molar refractivity (Wildman–Crippen MR) is 80.4 cm³/mol. The third-order valence-electron chi connectivity index (χ3n) is 3.90. The average Bonchev–Trinajstić information content (AvgIpc) is 2.89. The molecule has 0 aromatic heterocycles. The van der Waals surface area contributed by atoms with Crippen LogP contribution in [0, 0.1) is 5.92 Å². The van der Waals surface area contributed by atoms with E-state index < -0.39 is 0 Å².